The van der Waals surface area contributed by atoms with Crippen LogP contribution in [0.5, 0.6) is 0 Å². The highest BCUT2D eigenvalue weighted by molar-refractivity contribution is 6.31. The Morgan fingerprint density at radius 2 is 2.14 bits per heavy atom. The number of guanidine groups is 1. The lowest BCUT2D eigenvalue weighted by molar-refractivity contribution is 0.0514. The van der Waals surface area contributed by atoms with Gasteiger partial charge in [0.05, 0.1) is 6.54 Å². The summed E-state index contributed by atoms with van der Waals surface area (Å²) in [7, 11) is 1.81. The van der Waals surface area contributed by atoms with Crippen molar-refractivity contribution in [2.24, 2.45) is 4.99 Å². The zero-order valence-electron chi connectivity index (χ0n) is 17.1. The van der Waals surface area contributed by atoms with Gasteiger partial charge in [-0.2, -0.15) is 5.10 Å². The maximum Gasteiger partial charge on any atom is 0.191 e. The molecule has 0 saturated carbocycles. The van der Waals surface area contributed by atoms with Crippen LogP contribution >= 0.6 is 11.6 Å². The van der Waals surface area contributed by atoms with E-state index in [1.54, 1.807) is 0 Å². The number of halogens is 1. The molecule has 7 nitrogen and oxygen atoms in total. The number of benzene rings is 1. The Balaban J connectivity index is 1.43. The Kier molecular flexibility index (Phi) is 6.06. The molecular formula is C21H29ClN6O. The Morgan fingerprint density at radius 1 is 1.34 bits per heavy atom. The molecule has 29 heavy (non-hydrogen) atoms. The van der Waals surface area contributed by atoms with Crippen molar-refractivity contribution in [2.75, 3.05) is 26.8 Å². The van der Waals surface area contributed by atoms with Gasteiger partial charge < -0.3 is 15.4 Å². The summed E-state index contributed by atoms with van der Waals surface area (Å²) in [5.41, 5.74) is 1.13. The third-order valence-corrected chi connectivity index (χ3v) is 6.35. The first kappa shape index (κ1) is 20.2. The van der Waals surface area contributed by atoms with Crippen LogP contribution in [0.2, 0.25) is 5.02 Å². The van der Waals surface area contributed by atoms with Crippen molar-refractivity contribution in [3.63, 3.8) is 0 Å². The molecule has 2 aliphatic heterocycles. The van der Waals surface area contributed by atoms with Gasteiger partial charge in [0.1, 0.15) is 11.6 Å². The summed E-state index contributed by atoms with van der Waals surface area (Å²) in [5.74, 6) is 2.72. The maximum absolute atomic E-state index is 6.57. The van der Waals surface area contributed by atoms with Gasteiger partial charge in [-0.1, -0.05) is 29.8 Å². The summed E-state index contributed by atoms with van der Waals surface area (Å²) >= 11 is 6.57. The predicted molar refractivity (Wildman–Crippen MR) is 115 cm³/mol. The predicted octanol–water partition coefficient (Wildman–Crippen LogP) is 2.47. The van der Waals surface area contributed by atoms with E-state index in [1.807, 2.05) is 30.8 Å². The molecule has 0 bridgehead atoms. The molecule has 1 aromatic carbocycles. The number of fused-ring (bicyclic) bond motifs is 1. The standard InChI is InChI=1S/C21H29ClN6O/c1-15-25-19-8-7-16(13-28(19)27-15)26-20(23-2)24-14-21(9-11-29-12-10-21)17-5-3-4-6-18(17)22/h3-6,16H,7-14H2,1-2H3,(H2,23,24,26). The summed E-state index contributed by atoms with van der Waals surface area (Å²) < 4.78 is 7.65. The molecule has 0 aliphatic carbocycles. The summed E-state index contributed by atoms with van der Waals surface area (Å²) in [4.78, 5) is 8.95. The smallest absolute Gasteiger partial charge is 0.191 e. The van der Waals surface area contributed by atoms with Crippen LogP contribution in [0.3, 0.4) is 0 Å². The van der Waals surface area contributed by atoms with Crippen LogP contribution in [0.25, 0.3) is 0 Å². The van der Waals surface area contributed by atoms with Crippen molar-refractivity contribution >= 4 is 17.6 Å². The van der Waals surface area contributed by atoms with Gasteiger partial charge in [0, 0.05) is 49.7 Å². The average molecular weight is 417 g/mol. The van der Waals surface area contributed by atoms with Crippen LogP contribution in [-0.4, -0.2) is 53.6 Å². The Bertz CT molecular complexity index is 874. The zero-order valence-corrected chi connectivity index (χ0v) is 17.9. The topological polar surface area (TPSA) is 76.4 Å². The van der Waals surface area contributed by atoms with Crippen molar-refractivity contribution < 1.29 is 4.74 Å². The lowest BCUT2D eigenvalue weighted by atomic mass is 9.74. The van der Waals surface area contributed by atoms with Gasteiger partial charge in [-0.25, -0.2) is 9.67 Å². The fourth-order valence-corrected chi connectivity index (χ4v) is 4.72. The van der Waals surface area contributed by atoms with E-state index in [-0.39, 0.29) is 11.5 Å². The molecule has 0 amide bonds. The molecule has 2 aliphatic rings. The Hall–Kier alpha value is -2.12. The second-order valence-electron chi connectivity index (χ2n) is 7.94. The van der Waals surface area contributed by atoms with Gasteiger partial charge >= 0.3 is 0 Å². The van der Waals surface area contributed by atoms with E-state index in [4.69, 9.17) is 16.3 Å². The van der Waals surface area contributed by atoms with Gasteiger partial charge in [0.25, 0.3) is 0 Å². The fourth-order valence-electron chi connectivity index (χ4n) is 4.39. The highest BCUT2D eigenvalue weighted by Gasteiger charge is 2.36. The van der Waals surface area contributed by atoms with E-state index in [2.05, 4.69) is 37.8 Å². The molecule has 1 fully saturated rings. The monoisotopic (exact) mass is 416 g/mol. The number of hydrogen-bond donors (Lipinski definition) is 2. The van der Waals surface area contributed by atoms with E-state index in [0.717, 1.165) is 74.6 Å². The number of aryl methyl sites for hydroxylation is 2. The molecule has 156 valence electrons. The van der Waals surface area contributed by atoms with E-state index in [9.17, 15) is 0 Å². The minimum Gasteiger partial charge on any atom is -0.381 e. The highest BCUT2D eigenvalue weighted by atomic mass is 35.5. The summed E-state index contributed by atoms with van der Waals surface area (Å²) in [6, 6.07) is 8.43. The molecular weight excluding hydrogens is 388 g/mol. The number of nitrogens with one attached hydrogen (secondary N) is 2. The van der Waals surface area contributed by atoms with E-state index < -0.39 is 0 Å². The summed E-state index contributed by atoms with van der Waals surface area (Å²) in [6.07, 6.45) is 3.82. The Morgan fingerprint density at radius 3 is 2.90 bits per heavy atom. The van der Waals surface area contributed by atoms with E-state index in [1.165, 1.54) is 5.56 Å². The first-order valence-corrected chi connectivity index (χ1v) is 10.7. The van der Waals surface area contributed by atoms with Gasteiger partial charge in [-0.05, 0) is 37.8 Å². The first-order valence-electron chi connectivity index (χ1n) is 10.3. The SMILES string of the molecule is CN=C(NCC1(c2ccccc2Cl)CCOCC1)NC1CCc2nc(C)nn2C1. The van der Waals surface area contributed by atoms with Crippen LogP contribution in [-0.2, 0) is 23.1 Å². The molecule has 3 heterocycles. The van der Waals surface area contributed by atoms with Crippen LogP contribution in [0, 0.1) is 6.92 Å². The third kappa shape index (κ3) is 4.41. The maximum atomic E-state index is 6.57. The zero-order chi connectivity index (χ0) is 20.3. The third-order valence-electron chi connectivity index (χ3n) is 6.02. The van der Waals surface area contributed by atoms with Crippen molar-refractivity contribution in [1.29, 1.82) is 0 Å². The van der Waals surface area contributed by atoms with Crippen LogP contribution < -0.4 is 10.6 Å². The van der Waals surface area contributed by atoms with Crippen LogP contribution in [0.4, 0.5) is 0 Å². The largest absolute Gasteiger partial charge is 0.381 e. The number of aliphatic imine (C=N–C) groups is 1. The van der Waals surface area contributed by atoms with Crippen molar-refractivity contribution in [3.8, 4) is 0 Å². The molecule has 2 N–H and O–H groups in total. The number of aromatic nitrogens is 3. The minimum absolute atomic E-state index is 0.0586. The van der Waals surface area contributed by atoms with Crippen molar-refractivity contribution in [3.05, 3.63) is 46.5 Å². The molecule has 4 rings (SSSR count). The lowest BCUT2D eigenvalue weighted by Crippen LogP contribution is -2.51. The number of ether oxygens (including phenoxy) is 1. The fraction of sp³-hybridized carbons (Fsp3) is 0.571. The highest BCUT2D eigenvalue weighted by Crippen LogP contribution is 2.38. The van der Waals surface area contributed by atoms with Crippen molar-refractivity contribution in [1.82, 2.24) is 25.4 Å². The first-order chi connectivity index (χ1) is 14.1. The van der Waals surface area contributed by atoms with Gasteiger partial charge in [0.2, 0.25) is 0 Å². The normalized spacial score (nSPS) is 21.5. The summed E-state index contributed by atoms with van der Waals surface area (Å²) in [5, 5.41) is 12.4. The summed E-state index contributed by atoms with van der Waals surface area (Å²) in [6.45, 7) is 5.00. The number of hydrogen-bond acceptors (Lipinski definition) is 4. The lowest BCUT2D eigenvalue weighted by Gasteiger charge is -2.39. The minimum atomic E-state index is -0.0586. The molecule has 1 unspecified atom stereocenters. The molecule has 1 saturated heterocycles. The molecule has 1 aromatic heterocycles. The van der Waals surface area contributed by atoms with Crippen molar-refractivity contribution in [2.45, 2.75) is 50.6 Å². The van der Waals surface area contributed by atoms with E-state index in [0.29, 0.717) is 0 Å². The van der Waals surface area contributed by atoms with Crippen LogP contribution in [0.1, 0.15) is 36.5 Å². The average Bonchev–Trinajstić information content (AvgIpc) is 3.11. The second-order valence-corrected chi connectivity index (χ2v) is 8.34. The van der Waals surface area contributed by atoms with Gasteiger partial charge in [0.15, 0.2) is 5.96 Å². The number of nitrogens with zero attached hydrogens (tertiary/aromatic N) is 4. The molecule has 1 atom stereocenters. The van der Waals surface area contributed by atoms with E-state index >= 15 is 0 Å². The Labute approximate surface area is 176 Å². The molecule has 0 spiro atoms. The second kappa shape index (κ2) is 8.71. The quantitative estimate of drug-likeness (QED) is 0.591. The molecule has 8 heteroatoms. The van der Waals surface area contributed by atoms with Crippen LogP contribution in [0.15, 0.2) is 29.3 Å². The van der Waals surface area contributed by atoms with Gasteiger partial charge in [-0.3, -0.25) is 4.99 Å². The molecule has 2 aromatic rings. The molecule has 0 radical (unpaired) electrons. The number of rotatable bonds is 4. The van der Waals surface area contributed by atoms with Gasteiger partial charge in [-0.15, -0.1) is 0 Å².